The molecule has 0 aliphatic heterocycles. The van der Waals surface area contributed by atoms with Gasteiger partial charge in [0.2, 0.25) is 0 Å². The number of ketones is 1. The van der Waals surface area contributed by atoms with Crippen LogP contribution in [0.5, 0.6) is 0 Å². The summed E-state index contributed by atoms with van der Waals surface area (Å²) >= 11 is 0. The maximum atomic E-state index is 12.5. The molecular weight excluding hydrogens is 226 g/mol. The standard InChI is InChI=1S/C14H19N3O/c1-9(2)13-12(14(18)10(3)15-4)11-7-5-6-8-17(11)16-13/h5-10,15H,1-4H3. The second-order valence-electron chi connectivity index (χ2n) is 4.82. The minimum Gasteiger partial charge on any atom is -0.310 e. The first-order chi connectivity index (χ1) is 8.56. The number of fused-ring (bicyclic) bond motifs is 1. The van der Waals surface area contributed by atoms with Gasteiger partial charge in [0.1, 0.15) is 0 Å². The molecule has 18 heavy (non-hydrogen) atoms. The van der Waals surface area contributed by atoms with Gasteiger partial charge in [0, 0.05) is 6.20 Å². The lowest BCUT2D eigenvalue weighted by molar-refractivity contribution is 0.0955. The lowest BCUT2D eigenvalue weighted by Gasteiger charge is -2.10. The molecule has 1 N–H and O–H groups in total. The molecule has 2 heterocycles. The Morgan fingerprint density at radius 1 is 1.33 bits per heavy atom. The lowest BCUT2D eigenvalue weighted by atomic mass is 9.98. The monoisotopic (exact) mass is 245 g/mol. The molecule has 0 bridgehead atoms. The van der Waals surface area contributed by atoms with E-state index >= 15 is 0 Å². The molecule has 1 atom stereocenters. The number of likely N-dealkylation sites (N-methyl/N-ethyl adjacent to an activating group) is 1. The number of nitrogens with one attached hydrogen (secondary N) is 1. The SMILES string of the molecule is CNC(C)C(=O)c1c(C(C)C)nn2ccccc12. The van der Waals surface area contributed by atoms with Gasteiger partial charge in [-0.15, -0.1) is 0 Å². The molecule has 4 heteroatoms. The smallest absolute Gasteiger partial charge is 0.183 e. The second kappa shape index (κ2) is 4.90. The number of nitrogens with zero attached hydrogens (tertiary/aromatic N) is 2. The Bertz CT molecular complexity index is 571. The van der Waals surface area contributed by atoms with E-state index in [1.165, 1.54) is 0 Å². The second-order valence-corrected chi connectivity index (χ2v) is 4.82. The van der Waals surface area contributed by atoms with E-state index in [1.807, 2.05) is 31.3 Å². The number of rotatable bonds is 4. The average molecular weight is 245 g/mol. The van der Waals surface area contributed by atoms with Crippen LogP contribution in [-0.4, -0.2) is 28.5 Å². The van der Waals surface area contributed by atoms with Crippen molar-refractivity contribution >= 4 is 11.3 Å². The Morgan fingerprint density at radius 3 is 2.67 bits per heavy atom. The first kappa shape index (κ1) is 12.8. The number of aromatic nitrogens is 2. The van der Waals surface area contributed by atoms with Crippen LogP contribution in [0.4, 0.5) is 0 Å². The van der Waals surface area contributed by atoms with Gasteiger partial charge in [0.25, 0.3) is 0 Å². The van der Waals surface area contributed by atoms with E-state index in [4.69, 9.17) is 0 Å². The Morgan fingerprint density at radius 2 is 2.06 bits per heavy atom. The van der Waals surface area contributed by atoms with E-state index in [0.29, 0.717) is 0 Å². The molecule has 4 nitrogen and oxygen atoms in total. The zero-order valence-electron chi connectivity index (χ0n) is 11.3. The highest BCUT2D eigenvalue weighted by atomic mass is 16.1. The topological polar surface area (TPSA) is 46.4 Å². The van der Waals surface area contributed by atoms with E-state index in [2.05, 4.69) is 24.3 Å². The van der Waals surface area contributed by atoms with Gasteiger partial charge in [0.15, 0.2) is 5.78 Å². The Labute approximate surface area is 107 Å². The quantitative estimate of drug-likeness (QED) is 0.840. The Balaban J connectivity index is 2.65. The van der Waals surface area contributed by atoms with Gasteiger partial charge < -0.3 is 5.32 Å². The molecule has 2 aromatic heterocycles. The van der Waals surface area contributed by atoms with Crippen LogP contribution in [0, 0.1) is 0 Å². The first-order valence-corrected chi connectivity index (χ1v) is 6.25. The molecule has 0 fully saturated rings. The van der Waals surface area contributed by atoms with Gasteiger partial charge in [-0.25, -0.2) is 4.52 Å². The lowest BCUT2D eigenvalue weighted by Crippen LogP contribution is -2.31. The van der Waals surface area contributed by atoms with Crippen LogP contribution in [0.1, 0.15) is 42.7 Å². The number of carbonyl (C=O) groups excluding carboxylic acids is 1. The zero-order chi connectivity index (χ0) is 13.3. The fourth-order valence-corrected chi connectivity index (χ4v) is 2.02. The van der Waals surface area contributed by atoms with Crippen LogP contribution >= 0.6 is 0 Å². The van der Waals surface area contributed by atoms with Crippen LogP contribution in [0.3, 0.4) is 0 Å². The van der Waals surface area contributed by atoms with E-state index in [0.717, 1.165) is 16.8 Å². The fourth-order valence-electron chi connectivity index (χ4n) is 2.02. The predicted octanol–water partition coefficient (Wildman–Crippen LogP) is 2.25. The predicted molar refractivity (Wildman–Crippen MR) is 72.1 cm³/mol. The molecule has 0 saturated carbocycles. The van der Waals surface area contributed by atoms with Crippen molar-refractivity contribution in [1.82, 2.24) is 14.9 Å². The molecule has 0 radical (unpaired) electrons. The Hall–Kier alpha value is -1.68. The van der Waals surface area contributed by atoms with E-state index in [-0.39, 0.29) is 17.7 Å². The van der Waals surface area contributed by atoms with Crippen molar-refractivity contribution in [3.8, 4) is 0 Å². The minimum absolute atomic E-state index is 0.0994. The van der Waals surface area contributed by atoms with E-state index in [1.54, 1.807) is 11.6 Å². The summed E-state index contributed by atoms with van der Waals surface area (Å²) in [5.74, 6) is 0.329. The maximum absolute atomic E-state index is 12.5. The summed E-state index contributed by atoms with van der Waals surface area (Å²) in [5, 5.41) is 7.52. The van der Waals surface area contributed by atoms with Gasteiger partial charge in [0.05, 0.1) is 22.8 Å². The van der Waals surface area contributed by atoms with Crippen molar-refractivity contribution in [2.75, 3.05) is 7.05 Å². The fraction of sp³-hybridized carbons (Fsp3) is 0.429. The molecule has 0 spiro atoms. The van der Waals surface area contributed by atoms with Crippen molar-refractivity contribution in [2.24, 2.45) is 0 Å². The molecule has 0 saturated heterocycles. The van der Waals surface area contributed by atoms with Crippen molar-refractivity contribution < 1.29 is 4.79 Å². The van der Waals surface area contributed by atoms with Crippen LogP contribution in [0.2, 0.25) is 0 Å². The zero-order valence-corrected chi connectivity index (χ0v) is 11.3. The summed E-state index contributed by atoms with van der Waals surface area (Å²) in [6.45, 7) is 5.99. The largest absolute Gasteiger partial charge is 0.310 e. The highest BCUT2D eigenvalue weighted by Crippen LogP contribution is 2.24. The molecule has 2 aromatic rings. The van der Waals surface area contributed by atoms with Crippen molar-refractivity contribution in [3.05, 3.63) is 35.7 Å². The molecule has 0 amide bonds. The molecule has 0 aliphatic rings. The molecule has 0 aliphatic carbocycles. The third-order valence-electron chi connectivity index (χ3n) is 3.19. The molecule has 2 rings (SSSR count). The molecule has 96 valence electrons. The summed E-state index contributed by atoms with van der Waals surface area (Å²) in [5.41, 5.74) is 2.49. The highest BCUT2D eigenvalue weighted by molar-refractivity contribution is 6.06. The van der Waals surface area contributed by atoms with Crippen LogP contribution in [0.15, 0.2) is 24.4 Å². The molecule has 0 aromatic carbocycles. The van der Waals surface area contributed by atoms with Gasteiger partial charge in [-0.1, -0.05) is 19.9 Å². The normalized spacial score (nSPS) is 13.2. The number of pyridine rings is 1. The third-order valence-corrected chi connectivity index (χ3v) is 3.19. The number of carbonyl (C=O) groups is 1. The summed E-state index contributed by atoms with van der Waals surface area (Å²) in [7, 11) is 1.79. The summed E-state index contributed by atoms with van der Waals surface area (Å²) in [6, 6.07) is 5.59. The molecule has 1 unspecified atom stereocenters. The van der Waals surface area contributed by atoms with Crippen LogP contribution < -0.4 is 5.32 Å². The van der Waals surface area contributed by atoms with Crippen LogP contribution in [0.25, 0.3) is 5.52 Å². The van der Waals surface area contributed by atoms with E-state index < -0.39 is 0 Å². The number of hydrogen-bond donors (Lipinski definition) is 1. The van der Waals surface area contributed by atoms with Gasteiger partial charge in [-0.05, 0) is 32.0 Å². The van der Waals surface area contributed by atoms with Crippen molar-refractivity contribution in [3.63, 3.8) is 0 Å². The first-order valence-electron chi connectivity index (χ1n) is 6.25. The number of Topliss-reactive ketones (excluding diaryl/α,β-unsaturated/α-hetero) is 1. The minimum atomic E-state index is -0.198. The average Bonchev–Trinajstić information content (AvgIpc) is 2.76. The number of hydrogen-bond acceptors (Lipinski definition) is 3. The van der Waals surface area contributed by atoms with Gasteiger partial charge >= 0.3 is 0 Å². The summed E-state index contributed by atoms with van der Waals surface area (Å²) < 4.78 is 1.78. The van der Waals surface area contributed by atoms with Crippen molar-refractivity contribution in [2.45, 2.75) is 32.7 Å². The van der Waals surface area contributed by atoms with E-state index in [9.17, 15) is 4.79 Å². The summed E-state index contributed by atoms with van der Waals surface area (Å²) in [6.07, 6.45) is 1.88. The van der Waals surface area contributed by atoms with Crippen LogP contribution in [-0.2, 0) is 0 Å². The Kier molecular flexibility index (Phi) is 3.48. The highest BCUT2D eigenvalue weighted by Gasteiger charge is 2.24. The third kappa shape index (κ3) is 2.04. The summed E-state index contributed by atoms with van der Waals surface area (Å²) in [4.78, 5) is 12.5. The van der Waals surface area contributed by atoms with Gasteiger partial charge in [-0.3, -0.25) is 4.79 Å². The maximum Gasteiger partial charge on any atom is 0.183 e. The van der Waals surface area contributed by atoms with Crippen molar-refractivity contribution in [1.29, 1.82) is 0 Å². The van der Waals surface area contributed by atoms with Gasteiger partial charge in [-0.2, -0.15) is 5.10 Å². The molecular formula is C14H19N3O.